The van der Waals surface area contributed by atoms with Crippen LogP contribution in [0.3, 0.4) is 0 Å². The predicted molar refractivity (Wildman–Crippen MR) is 132 cm³/mol. The molecule has 0 saturated heterocycles. The van der Waals surface area contributed by atoms with Gasteiger partial charge in [0.2, 0.25) is 0 Å². The summed E-state index contributed by atoms with van der Waals surface area (Å²) in [6.07, 6.45) is -0.852. The van der Waals surface area contributed by atoms with Crippen LogP contribution in [0, 0.1) is 0 Å². The molecule has 0 N–H and O–H groups in total. The highest BCUT2D eigenvalue weighted by Crippen LogP contribution is 2.40. The van der Waals surface area contributed by atoms with Crippen LogP contribution in [0.15, 0.2) is 86.4 Å². The first kappa shape index (κ1) is 22.3. The van der Waals surface area contributed by atoms with Gasteiger partial charge in [0.15, 0.2) is 17.4 Å². The van der Waals surface area contributed by atoms with Crippen molar-refractivity contribution in [2.45, 2.75) is 13.0 Å². The summed E-state index contributed by atoms with van der Waals surface area (Å²) in [6, 6.07) is 21.8. The van der Waals surface area contributed by atoms with Gasteiger partial charge in [-0.2, -0.15) is 0 Å². The lowest BCUT2D eigenvalue weighted by molar-refractivity contribution is -0.147. The molecule has 2 aromatic heterocycles. The number of hydrogen-bond acceptors (Lipinski definition) is 7. The Kier molecular flexibility index (Phi) is 5.74. The quantitative estimate of drug-likeness (QED) is 0.228. The number of furan rings is 1. The Morgan fingerprint density at radius 2 is 1.66 bits per heavy atom. The number of fused-ring (bicyclic) bond motifs is 2. The van der Waals surface area contributed by atoms with Crippen molar-refractivity contribution in [1.29, 1.82) is 0 Å². The highest BCUT2D eigenvalue weighted by molar-refractivity contribution is 5.98. The number of rotatable bonds is 6. The summed E-state index contributed by atoms with van der Waals surface area (Å²) in [5.74, 6) is 0.990. The first-order valence-electron chi connectivity index (χ1n) is 11.0. The normalized spacial score (nSPS) is 12.0. The third-order valence-corrected chi connectivity index (χ3v) is 5.76. The second-order valence-corrected chi connectivity index (χ2v) is 7.96. The topological polar surface area (TPSA) is 88.1 Å². The summed E-state index contributed by atoms with van der Waals surface area (Å²) in [7, 11) is 2.88. The smallest absolute Gasteiger partial charge is 0.346 e. The molecule has 0 saturated carbocycles. The molecule has 0 fully saturated rings. The van der Waals surface area contributed by atoms with E-state index in [9.17, 15) is 9.59 Å². The van der Waals surface area contributed by atoms with Crippen molar-refractivity contribution in [2.24, 2.45) is 0 Å². The standard InChI is InChI=1S/C28H22O7/c1-16(28(30)32-3)33-24-14-20-21(23-12-18-10-7-11-22(31-2)27(18)35-23)15-26(29)34-25(20)13-19(24)17-8-5-4-6-9-17/h4-16H,1-3H3/t16-/m0/s1. The van der Waals surface area contributed by atoms with Gasteiger partial charge in [0.25, 0.3) is 0 Å². The van der Waals surface area contributed by atoms with Crippen LogP contribution in [0.1, 0.15) is 6.92 Å². The van der Waals surface area contributed by atoms with Crippen molar-refractivity contribution in [3.05, 3.63) is 83.2 Å². The lowest BCUT2D eigenvalue weighted by atomic mass is 10.00. The third-order valence-electron chi connectivity index (χ3n) is 5.76. The lowest BCUT2D eigenvalue weighted by Crippen LogP contribution is -2.25. The van der Waals surface area contributed by atoms with Crippen LogP contribution in [-0.4, -0.2) is 26.3 Å². The second kappa shape index (κ2) is 9.02. The Morgan fingerprint density at radius 3 is 2.40 bits per heavy atom. The van der Waals surface area contributed by atoms with E-state index in [-0.39, 0.29) is 0 Å². The maximum atomic E-state index is 12.5. The molecular formula is C28H22O7. The highest BCUT2D eigenvalue weighted by Gasteiger charge is 2.21. The van der Waals surface area contributed by atoms with Crippen molar-refractivity contribution < 1.29 is 27.8 Å². The minimum atomic E-state index is -0.852. The first-order chi connectivity index (χ1) is 17.0. The minimum Gasteiger partial charge on any atom is -0.493 e. The van der Waals surface area contributed by atoms with E-state index in [0.29, 0.717) is 44.9 Å². The monoisotopic (exact) mass is 470 g/mol. The molecule has 0 radical (unpaired) electrons. The molecule has 0 amide bonds. The maximum Gasteiger partial charge on any atom is 0.346 e. The highest BCUT2D eigenvalue weighted by atomic mass is 16.6. The second-order valence-electron chi connectivity index (χ2n) is 7.96. The van der Waals surface area contributed by atoms with E-state index in [4.69, 9.17) is 23.0 Å². The Morgan fingerprint density at radius 1 is 0.857 bits per heavy atom. The van der Waals surface area contributed by atoms with Crippen LogP contribution in [0.25, 0.3) is 44.4 Å². The molecule has 0 spiro atoms. The third kappa shape index (κ3) is 4.12. The number of methoxy groups -OCH3 is 2. The van der Waals surface area contributed by atoms with Crippen LogP contribution >= 0.6 is 0 Å². The molecular weight excluding hydrogens is 448 g/mol. The molecule has 35 heavy (non-hydrogen) atoms. The molecule has 0 aliphatic heterocycles. The van der Waals surface area contributed by atoms with Gasteiger partial charge in [0, 0.05) is 28.0 Å². The van der Waals surface area contributed by atoms with Gasteiger partial charge in [-0.25, -0.2) is 9.59 Å². The van der Waals surface area contributed by atoms with E-state index in [2.05, 4.69) is 0 Å². The number of carbonyl (C=O) groups excluding carboxylic acids is 1. The lowest BCUT2D eigenvalue weighted by Gasteiger charge is -2.17. The number of esters is 1. The predicted octanol–water partition coefficient (Wildman–Crippen LogP) is 5.82. The summed E-state index contributed by atoms with van der Waals surface area (Å²) in [5.41, 5.74) is 2.45. The molecule has 2 heterocycles. The van der Waals surface area contributed by atoms with Crippen molar-refractivity contribution in [2.75, 3.05) is 14.2 Å². The first-order valence-corrected chi connectivity index (χ1v) is 11.0. The fraction of sp³-hybridized carbons (Fsp3) is 0.143. The van der Waals surface area contributed by atoms with Crippen molar-refractivity contribution in [3.8, 4) is 33.9 Å². The maximum absolute atomic E-state index is 12.5. The van der Waals surface area contributed by atoms with E-state index >= 15 is 0 Å². The van der Waals surface area contributed by atoms with Crippen LogP contribution in [-0.2, 0) is 9.53 Å². The fourth-order valence-corrected chi connectivity index (χ4v) is 4.07. The van der Waals surface area contributed by atoms with Crippen molar-refractivity contribution >= 4 is 27.9 Å². The Hall–Kier alpha value is -4.52. The summed E-state index contributed by atoms with van der Waals surface area (Å²) < 4.78 is 27.9. The number of benzene rings is 3. The number of para-hydroxylation sites is 1. The molecule has 1 atom stereocenters. The van der Waals surface area contributed by atoms with Gasteiger partial charge in [-0.3, -0.25) is 0 Å². The molecule has 5 aromatic rings. The van der Waals surface area contributed by atoms with E-state index in [1.165, 1.54) is 13.2 Å². The zero-order chi connectivity index (χ0) is 24.5. The SMILES string of the molecule is COC(=O)[C@H](C)Oc1cc2c(-c3cc4cccc(OC)c4o3)cc(=O)oc2cc1-c1ccccc1. The Bertz CT molecular complexity index is 1600. The molecule has 0 bridgehead atoms. The van der Waals surface area contributed by atoms with Crippen LogP contribution in [0.5, 0.6) is 11.5 Å². The summed E-state index contributed by atoms with van der Waals surface area (Å²) in [6.45, 7) is 1.61. The summed E-state index contributed by atoms with van der Waals surface area (Å²) in [5, 5.41) is 1.42. The summed E-state index contributed by atoms with van der Waals surface area (Å²) in [4.78, 5) is 24.6. The van der Waals surface area contributed by atoms with Crippen molar-refractivity contribution in [1.82, 2.24) is 0 Å². The van der Waals surface area contributed by atoms with Gasteiger partial charge in [-0.15, -0.1) is 0 Å². The average Bonchev–Trinajstić information content (AvgIpc) is 3.32. The van der Waals surface area contributed by atoms with E-state index in [1.807, 2.05) is 48.5 Å². The van der Waals surface area contributed by atoms with E-state index in [0.717, 1.165) is 10.9 Å². The number of hydrogen-bond donors (Lipinski definition) is 0. The molecule has 3 aromatic carbocycles. The number of carbonyl (C=O) groups is 1. The van der Waals surface area contributed by atoms with E-state index < -0.39 is 17.7 Å². The minimum absolute atomic E-state index is 0.358. The molecule has 0 aliphatic rings. The average molecular weight is 470 g/mol. The zero-order valence-electron chi connectivity index (χ0n) is 19.4. The van der Waals surface area contributed by atoms with Gasteiger partial charge < -0.3 is 23.0 Å². The molecule has 7 nitrogen and oxygen atoms in total. The van der Waals surface area contributed by atoms with E-state index in [1.54, 1.807) is 32.2 Å². The van der Waals surface area contributed by atoms with Gasteiger partial charge >= 0.3 is 11.6 Å². The van der Waals surface area contributed by atoms with Gasteiger partial charge in [-0.1, -0.05) is 42.5 Å². The van der Waals surface area contributed by atoms with Crippen LogP contribution in [0.4, 0.5) is 0 Å². The van der Waals surface area contributed by atoms with Gasteiger partial charge in [0.05, 0.1) is 14.2 Å². The molecule has 176 valence electrons. The summed E-state index contributed by atoms with van der Waals surface area (Å²) >= 11 is 0. The Labute approximate surface area is 200 Å². The Balaban J connectivity index is 1.75. The molecule has 7 heteroatoms. The van der Waals surface area contributed by atoms with Crippen LogP contribution < -0.4 is 15.1 Å². The molecule has 0 aliphatic carbocycles. The van der Waals surface area contributed by atoms with Gasteiger partial charge in [0.1, 0.15) is 17.1 Å². The van der Waals surface area contributed by atoms with Crippen LogP contribution in [0.2, 0.25) is 0 Å². The van der Waals surface area contributed by atoms with Gasteiger partial charge in [-0.05, 0) is 36.8 Å². The number of ether oxygens (including phenoxy) is 3. The molecule has 5 rings (SSSR count). The largest absolute Gasteiger partial charge is 0.493 e. The van der Waals surface area contributed by atoms with Crippen molar-refractivity contribution in [3.63, 3.8) is 0 Å². The molecule has 0 unspecified atom stereocenters. The zero-order valence-corrected chi connectivity index (χ0v) is 19.4. The fourth-order valence-electron chi connectivity index (χ4n) is 4.07.